The Labute approximate surface area is 157 Å². The van der Waals surface area contributed by atoms with Gasteiger partial charge in [-0.25, -0.2) is 4.98 Å². The van der Waals surface area contributed by atoms with Gasteiger partial charge >= 0.3 is 0 Å². The van der Waals surface area contributed by atoms with Gasteiger partial charge in [0.2, 0.25) is 5.24 Å². The van der Waals surface area contributed by atoms with Gasteiger partial charge in [0.15, 0.2) is 0 Å². The molecule has 3 aromatic rings. The minimum Gasteiger partial charge on any atom is -0.357 e. The van der Waals surface area contributed by atoms with Gasteiger partial charge in [-0.2, -0.15) is 0 Å². The maximum Gasteiger partial charge on any atom is 0.224 e. The van der Waals surface area contributed by atoms with Crippen molar-refractivity contribution in [3.05, 3.63) is 54.4 Å². The van der Waals surface area contributed by atoms with Gasteiger partial charge < -0.3 is 4.90 Å². The number of nitrogens with zero attached hydrogens (tertiary/aromatic N) is 3. The molecule has 4 nitrogen and oxygen atoms in total. The van der Waals surface area contributed by atoms with Crippen molar-refractivity contribution in [3.63, 3.8) is 0 Å². The van der Waals surface area contributed by atoms with Crippen LogP contribution < -0.4 is 4.90 Å². The zero-order chi connectivity index (χ0) is 18.1. The van der Waals surface area contributed by atoms with Gasteiger partial charge in [-0.15, -0.1) is 0 Å². The highest BCUT2D eigenvalue weighted by molar-refractivity contribution is 6.64. The minimum absolute atomic E-state index is 0.0148. The van der Waals surface area contributed by atoms with Crippen LogP contribution in [0.15, 0.2) is 48.7 Å². The Morgan fingerprint density at radius 3 is 2.54 bits per heavy atom. The normalized spacial score (nSPS) is 15.4. The number of pyridine rings is 2. The average Bonchev–Trinajstić information content (AvgIpc) is 2.68. The van der Waals surface area contributed by atoms with E-state index < -0.39 is 0 Å². The van der Waals surface area contributed by atoms with Gasteiger partial charge in [0, 0.05) is 41.8 Å². The van der Waals surface area contributed by atoms with Crippen LogP contribution in [0, 0.1) is 12.8 Å². The fraction of sp³-hybridized carbons (Fsp3) is 0.286. The molecule has 0 unspecified atom stereocenters. The van der Waals surface area contributed by atoms with Gasteiger partial charge in [0.25, 0.3) is 0 Å². The smallest absolute Gasteiger partial charge is 0.224 e. The summed E-state index contributed by atoms with van der Waals surface area (Å²) in [5.41, 5.74) is 4.23. The van der Waals surface area contributed by atoms with E-state index in [0.29, 0.717) is 0 Å². The van der Waals surface area contributed by atoms with Crippen LogP contribution in [0.1, 0.15) is 18.5 Å². The molecule has 0 N–H and O–H groups in total. The molecule has 26 heavy (non-hydrogen) atoms. The van der Waals surface area contributed by atoms with E-state index in [4.69, 9.17) is 16.6 Å². The summed E-state index contributed by atoms with van der Waals surface area (Å²) in [5.74, 6) is 0.946. The predicted octanol–water partition coefficient (Wildman–Crippen LogP) is 4.59. The van der Waals surface area contributed by atoms with Crippen LogP contribution in [-0.2, 0) is 4.79 Å². The number of aromatic nitrogens is 2. The van der Waals surface area contributed by atoms with Crippen molar-refractivity contribution in [2.45, 2.75) is 19.8 Å². The molecular formula is C21H20ClN3O. The van der Waals surface area contributed by atoms with Crippen LogP contribution in [0.5, 0.6) is 0 Å². The highest BCUT2D eigenvalue weighted by Crippen LogP contribution is 2.27. The first-order chi connectivity index (χ1) is 12.6. The third-order valence-corrected chi connectivity index (χ3v) is 5.37. The Morgan fingerprint density at radius 1 is 1.08 bits per heavy atom. The van der Waals surface area contributed by atoms with Crippen molar-refractivity contribution in [2.75, 3.05) is 18.0 Å². The number of halogens is 1. The third-order valence-electron chi connectivity index (χ3n) is 5.06. The quantitative estimate of drug-likeness (QED) is 0.637. The number of anilines is 1. The second-order valence-electron chi connectivity index (χ2n) is 6.83. The predicted molar refractivity (Wildman–Crippen MR) is 106 cm³/mol. The summed E-state index contributed by atoms with van der Waals surface area (Å²) in [6.07, 6.45) is 3.49. The minimum atomic E-state index is -0.214. The molecule has 4 rings (SSSR count). The summed E-state index contributed by atoms with van der Waals surface area (Å²) in [6.45, 7) is 3.62. The van der Waals surface area contributed by atoms with E-state index >= 15 is 0 Å². The van der Waals surface area contributed by atoms with Crippen LogP contribution in [0.25, 0.3) is 22.0 Å². The molecular weight excluding hydrogens is 346 g/mol. The van der Waals surface area contributed by atoms with Gasteiger partial charge in [-0.05, 0) is 67.3 Å². The standard InChI is InChI=1S/C21H20ClN3O/c1-14-2-3-18(13-23-14)16-4-6-19-17(12-16)5-7-20(24-19)25-10-8-15(9-11-25)21(22)26/h2-7,12-13,15H,8-11H2,1H3. The highest BCUT2D eigenvalue weighted by atomic mass is 35.5. The number of rotatable bonds is 3. The first kappa shape index (κ1) is 17.0. The lowest BCUT2D eigenvalue weighted by Crippen LogP contribution is -2.35. The topological polar surface area (TPSA) is 46.1 Å². The van der Waals surface area contributed by atoms with Crippen molar-refractivity contribution < 1.29 is 4.79 Å². The second-order valence-corrected chi connectivity index (χ2v) is 7.20. The lowest BCUT2D eigenvalue weighted by atomic mass is 9.98. The van der Waals surface area contributed by atoms with Crippen molar-refractivity contribution >= 4 is 33.6 Å². The van der Waals surface area contributed by atoms with Gasteiger partial charge in [-0.3, -0.25) is 9.78 Å². The Balaban J connectivity index is 1.58. The molecule has 1 fully saturated rings. The van der Waals surface area contributed by atoms with Gasteiger partial charge in [0.05, 0.1) is 5.52 Å². The van der Waals surface area contributed by atoms with Gasteiger partial charge in [-0.1, -0.05) is 12.1 Å². The van der Waals surface area contributed by atoms with Crippen molar-refractivity contribution in [1.29, 1.82) is 0 Å². The largest absolute Gasteiger partial charge is 0.357 e. The number of hydrogen-bond donors (Lipinski definition) is 0. The number of piperidine rings is 1. The van der Waals surface area contributed by atoms with E-state index in [9.17, 15) is 4.79 Å². The van der Waals surface area contributed by atoms with Crippen molar-refractivity contribution in [2.24, 2.45) is 5.92 Å². The number of fused-ring (bicyclic) bond motifs is 1. The molecule has 0 radical (unpaired) electrons. The summed E-state index contributed by atoms with van der Waals surface area (Å²) in [7, 11) is 0. The highest BCUT2D eigenvalue weighted by Gasteiger charge is 2.24. The first-order valence-electron chi connectivity index (χ1n) is 8.88. The van der Waals surface area contributed by atoms with Crippen molar-refractivity contribution in [1.82, 2.24) is 9.97 Å². The molecule has 2 aromatic heterocycles. The lowest BCUT2D eigenvalue weighted by molar-refractivity contribution is -0.115. The van der Waals surface area contributed by atoms with Crippen molar-refractivity contribution in [3.8, 4) is 11.1 Å². The maximum atomic E-state index is 11.3. The van der Waals surface area contributed by atoms with Crippen LogP contribution in [0.4, 0.5) is 5.82 Å². The molecule has 132 valence electrons. The fourth-order valence-electron chi connectivity index (χ4n) is 3.44. The molecule has 5 heteroatoms. The fourth-order valence-corrected chi connectivity index (χ4v) is 3.66. The Kier molecular flexibility index (Phi) is 4.60. The monoisotopic (exact) mass is 365 g/mol. The SMILES string of the molecule is Cc1ccc(-c2ccc3nc(N4CCC(C(=O)Cl)CC4)ccc3c2)cn1. The third kappa shape index (κ3) is 3.42. The molecule has 1 aliphatic heterocycles. The summed E-state index contributed by atoms with van der Waals surface area (Å²) in [6, 6.07) is 14.6. The number of benzene rings is 1. The van der Waals surface area contributed by atoms with Crippen LogP contribution in [0.3, 0.4) is 0 Å². The van der Waals surface area contributed by atoms with E-state index in [-0.39, 0.29) is 11.2 Å². The van der Waals surface area contributed by atoms with E-state index in [1.807, 2.05) is 19.2 Å². The number of carbonyl (C=O) groups is 1. The lowest BCUT2D eigenvalue weighted by Gasteiger charge is -2.31. The van der Waals surface area contributed by atoms with Crippen LogP contribution in [0.2, 0.25) is 0 Å². The Bertz CT molecular complexity index is 947. The first-order valence-corrected chi connectivity index (χ1v) is 9.26. The molecule has 0 amide bonds. The summed E-state index contributed by atoms with van der Waals surface area (Å²) >= 11 is 5.62. The average molecular weight is 366 g/mol. The summed E-state index contributed by atoms with van der Waals surface area (Å²) in [5, 5.41) is 0.895. The molecule has 0 aliphatic carbocycles. The van der Waals surface area contributed by atoms with E-state index in [0.717, 1.165) is 59.5 Å². The van der Waals surface area contributed by atoms with Crippen LogP contribution in [-0.4, -0.2) is 28.3 Å². The molecule has 0 bridgehead atoms. The molecule has 0 spiro atoms. The molecule has 0 atom stereocenters. The Morgan fingerprint density at radius 2 is 1.85 bits per heavy atom. The molecule has 1 saturated heterocycles. The summed E-state index contributed by atoms with van der Waals surface area (Å²) in [4.78, 5) is 22.7. The second kappa shape index (κ2) is 7.04. The summed E-state index contributed by atoms with van der Waals surface area (Å²) < 4.78 is 0. The molecule has 1 aromatic carbocycles. The number of carbonyl (C=O) groups excluding carboxylic acids is 1. The number of aryl methyl sites for hydroxylation is 1. The molecule has 3 heterocycles. The zero-order valence-corrected chi connectivity index (χ0v) is 15.4. The molecule has 1 aliphatic rings. The maximum absolute atomic E-state index is 11.3. The molecule has 0 saturated carbocycles. The van der Waals surface area contributed by atoms with Gasteiger partial charge in [0.1, 0.15) is 5.82 Å². The number of hydrogen-bond acceptors (Lipinski definition) is 4. The van der Waals surface area contributed by atoms with E-state index in [1.54, 1.807) is 0 Å². The zero-order valence-electron chi connectivity index (χ0n) is 14.7. The van der Waals surface area contributed by atoms with E-state index in [2.05, 4.69) is 46.3 Å². The van der Waals surface area contributed by atoms with Crippen LogP contribution >= 0.6 is 11.6 Å². The van der Waals surface area contributed by atoms with E-state index in [1.165, 1.54) is 0 Å². The Hall–Kier alpha value is -2.46.